The Kier molecular flexibility index (Phi) is 6.43. The molecule has 0 atom stereocenters. The third-order valence-electron chi connectivity index (χ3n) is 6.13. The lowest BCUT2D eigenvalue weighted by Crippen LogP contribution is -2.29. The zero-order valence-corrected chi connectivity index (χ0v) is 20.3. The van der Waals surface area contributed by atoms with E-state index in [-0.39, 0.29) is 5.02 Å². The summed E-state index contributed by atoms with van der Waals surface area (Å²) in [5.41, 5.74) is 2.61. The summed E-state index contributed by atoms with van der Waals surface area (Å²) in [6.07, 6.45) is 5.38. The molecule has 1 fully saturated rings. The third kappa shape index (κ3) is 4.60. The van der Waals surface area contributed by atoms with Crippen LogP contribution in [0.1, 0.15) is 24.4 Å². The van der Waals surface area contributed by atoms with Gasteiger partial charge in [0.2, 0.25) is 0 Å². The highest BCUT2D eigenvalue weighted by atomic mass is 35.5. The van der Waals surface area contributed by atoms with E-state index in [1.165, 1.54) is 18.3 Å². The van der Waals surface area contributed by atoms with E-state index in [1.807, 2.05) is 28.9 Å². The van der Waals surface area contributed by atoms with Gasteiger partial charge < -0.3 is 15.5 Å². The van der Waals surface area contributed by atoms with Gasteiger partial charge in [0, 0.05) is 30.0 Å². The zero-order valence-electron chi connectivity index (χ0n) is 18.8. The molecule has 11 heteroatoms. The molecule has 178 valence electrons. The highest BCUT2D eigenvalue weighted by Crippen LogP contribution is 2.37. The zero-order chi connectivity index (χ0) is 24.5. The SMILES string of the molecule is CN(c1cc(Cl)c2ncc(C#N)c(Nc3ccc(F)c(Cl)c3)c2c1)c1cn(C2CCNCC2)nn1. The Labute approximate surface area is 211 Å². The van der Waals surface area contributed by atoms with Crippen LogP contribution in [0.5, 0.6) is 0 Å². The summed E-state index contributed by atoms with van der Waals surface area (Å²) in [7, 11) is 1.88. The fraction of sp³-hybridized carbons (Fsp3) is 0.250. The number of halogens is 3. The molecule has 0 amide bonds. The average molecular weight is 511 g/mol. The summed E-state index contributed by atoms with van der Waals surface area (Å²) in [6, 6.07) is 10.4. The number of rotatable bonds is 5. The van der Waals surface area contributed by atoms with Gasteiger partial charge in [0.15, 0.2) is 5.82 Å². The van der Waals surface area contributed by atoms with E-state index in [2.05, 4.69) is 32.0 Å². The van der Waals surface area contributed by atoms with Crippen molar-refractivity contribution < 1.29 is 4.39 Å². The minimum Gasteiger partial charge on any atom is -0.354 e. The molecule has 2 aromatic carbocycles. The van der Waals surface area contributed by atoms with E-state index in [0.717, 1.165) is 31.6 Å². The van der Waals surface area contributed by atoms with Crippen molar-refractivity contribution >= 4 is 57.0 Å². The second-order valence-electron chi connectivity index (χ2n) is 8.33. The Hall–Kier alpha value is -3.45. The van der Waals surface area contributed by atoms with Gasteiger partial charge >= 0.3 is 0 Å². The van der Waals surface area contributed by atoms with Crippen LogP contribution in [0.15, 0.2) is 42.7 Å². The maximum absolute atomic E-state index is 13.7. The monoisotopic (exact) mass is 510 g/mol. The summed E-state index contributed by atoms with van der Waals surface area (Å²) < 4.78 is 15.6. The van der Waals surface area contributed by atoms with Gasteiger partial charge in [-0.25, -0.2) is 9.07 Å². The first-order chi connectivity index (χ1) is 16.9. The van der Waals surface area contributed by atoms with Gasteiger partial charge in [0.25, 0.3) is 0 Å². The van der Waals surface area contributed by atoms with Crippen molar-refractivity contribution in [3.05, 3.63) is 64.2 Å². The minimum absolute atomic E-state index is 0.0258. The van der Waals surface area contributed by atoms with Gasteiger partial charge in [-0.15, -0.1) is 5.10 Å². The molecule has 1 aliphatic heterocycles. The number of hydrogen-bond acceptors (Lipinski definition) is 7. The van der Waals surface area contributed by atoms with E-state index in [9.17, 15) is 9.65 Å². The summed E-state index contributed by atoms with van der Waals surface area (Å²) in [5.74, 6) is 0.143. The molecule has 1 saturated heterocycles. The number of anilines is 4. The van der Waals surface area contributed by atoms with E-state index in [1.54, 1.807) is 12.1 Å². The van der Waals surface area contributed by atoms with Gasteiger partial charge in [0.05, 0.1) is 39.1 Å². The molecule has 0 bridgehead atoms. The van der Waals surface area contributed by atoms with Crippen molar-refractivity contribution in [1.82, 2.24) is 25.3 Å². The molecule has 0 aliphatic carbocycles. The number of nitrogens with one attached hydrogen (secondary N) is 2. The molecule has 0 unspecified atom stereocenters. The van der Waals surface area contributed by atoms with E-state index < -0.39 is 5.82 Å². The number of nitriles is 1. The number of pyridine rings is 1. The fourth-order valence-corrected chi connectivity index (χ4v) is 4.62. The van der Waals surface area contributed by atoms with Gasteiger partial charge in [0.1, 0.15) is 11.9 Å². The van der Waals surface area contributed by atoms with Crippen LogP contribution in [0.2, 0.25) is 10.0 Å². The Balaban J connectivity index is 1.55. The average Bonchev–Trinajstić information content (AvgIpc) is 3.37. The normalized spacial score (nSPS) is 14.1. The number of benzene rings is 2. The highest BCUT2D eigenvalue weighted by Gasteiger charge is 2.20. The molecular weight excluding hydrogens is 490 g/mol. The fourth-order valence-electron chi connectivity index (χ4n) is 4.18. The standard InChI is InChI=1S/C24H21Cl2FN8/c1-34(22-13-35(33-32-22)16-4-6-29-7-5-16)17-9-18-23(31-15-2-3-21(27)19(25)8-15)14(11-28)12-30-24(18)20(26)10-17/h2-3,8-10,12-13,16,29H,4-7H2,1H3,(H,30,31). The van der Waals surface area contributed by atoms with E-state index >= 15 is 0 Å². The van der Waals surface area contributed by atoms with Crippen LogP contribution in [0.3, 0.4) is 0 Å². The van der Waals surface area contributed by atoms with Gasteiger partial charge in [-0.05, 0) is 56.3 Å². The summed E-state index contributed by atoms with van der Waals surface area (Å²) in [4.78, 5) is 6.27. The van der Waals surface area contributed by atoms with Gasteiger partial charge in [-0.3, -0.25) is 4.98 Å². The van der Waals surface area contributed by atoms with E-state index in [4.69, 9.17) is 23.2 Å². The first kappa shape index (κ1) is 23.3. The summed E-state index contributed by atoms with van der Waals surface area (Å²) >= 11 is 12.6. The lowest BCUT2D eigenvalue weighted by atomic mass is 10.1. The van der Waals surface area contributed by atoms with Crippen LogP contribution in [0.25, 0.3) is 10.9 Å². The molecule has 0 radical (unpaired) electrons. The van der Waals surface area contributed by atoms with Gasteiger partial charge in [-0.1, -0.05) is 28.4 Å². The maximum Gasteiger partial charge on any atom is 0.175 e. The van der Waals surface area contributed by atoms with Crippen molar-refractivity contribution in [3.8, 4) is 6.07 Å². The molecule has 4 aromatic rings. The molecule has 2 N–H and O–H groups in total. The van der Waals surface area contributed by atoms with Crippen molar-refractivity contribution in [3.63, 3.8) is 0 Å². The predicted octanol–water partition coefficient (Wildman–Crippen LogP) is 5.58. The first-order valence-corrected chi connectivity index (χ1v) is 11.8. The quantitative estimate of drug-likeness (QED) is 0.361. The summed E-state index contributed by atoms with van der Waals surface area (Å²) in [6.45, 7) is 1.92. The largest absolute Gasteiger partial charge is 0.354 e. The van der Waals surface area contributed by atoms with Crippen LogP contribution in [0, 0.1) is 17.1 Å². The molecule has 5 rings (SSSR count). The number of nitrogens with zero attached hydrogens (tertiary/aromatic N) is 6. The molecule has 1 aliphatic rings. The Morgan fingerprint density at radius 1 is 1.20 bits per heavy atom. The Morgan fingerprint density at radius 2 is 2.00 bits per heavy atom. The number of piperidine rings is 1. The van der Waals surface area contributed by atoms with Crippen molar-refractivity contribution in [2.45, 2.75) is 18.9 Å². The maximum atomic E-state index is 13.7. The lowest BCUT2D eigenvalue weighted by Gasteiger charge is -2.22. The van der Waals surface area contributed by atoms with Crippen molar-refractivity contribution in [2.24, 2.45) is 0 Å². The predicted molar refractivity (Wildman–Crippen MR) is 135 cm³/mol. The molecule has 0 spiro atoms. The Bertz CT molecular complexity index is 1440. The Morgan fingerprint density at radius 3 is 2.74 bits per heavy atom. The summed E-state index contributed by atoms with van der Waals surface area (Å²) in [5, 5.41) is 26.0. The van der Waals surface area contributed by atoms with Crippen LogP contribution in [-0.4, -0.2) is 40.1 Å². The molecule has 35 heavy (non-hydrogen) atoms. The lowest BCUT2D eigenvalue weighted by molar-refractivity contribution is 0.337. The number of fused-ring (bicyclic) bond motifs is 1. The van der Waals surface area contributed by atoms with Crippen molar-refractivity contribution in [2.75, 3.05) is 30.4 Å². The second kappa shape index (κ2) is 9.66. The molecule has 8 nitrogen and oxygen atoms in total. The number of aromatic nitrogens is 4. The number of hydrogen-bond donors (Lipinski definition) is 2. The van der Waals surface area contributed by atoms with Crippen LogP contribution in [-0.2, 0) is 0 Å². The highest BCUT2D eigenvalue weighted by molar-refractivity contribution is 6.36. The molecule has 2 aromatic heterocycles. The van der Waals surface area contributed by atoms with E-state index in [0.29, 0.717) is 44.7 Å². The van der Waals surface area contributed by atoms with Crippen LogP contribution >= 0.6 is 23.2 Å². The molecule has 3 heterocycles. The molecule has 0 saturated carbocycles. The van der Waals surface area contributed by atoms with Gasteiger partial charge in [-0.2, -0.15) is 5.26 Å². The third-order valence-corrected chi connectivity index (χ3v) is 6.71. The van der Waals surface area contributed by atoms with Crippen LogP contribution < -0.4 is 15.5 Å². The van der Waals surface area contributed by atoms with Crippen LogP contribution in [0.4, 0.5) is 27.3 Å². The molecular formula is C24H21Cl2FN8. The smallest absolute Gasteiger partial charge is 0.175 e. The topological polar surface area (TPSA) is 94.7 Å². The van der Waals surface area contributed by atoms with Crippen molar-refractivity contribution in [1.29, 1.82) is 5.26 Å². The second-order valence-corrected chi connectivity index (χ2v) is 9.15. The minimum atomic E-state index is -0.526. The first-order valence-electron chi connectivity index (χ1n) is 11.1.